The lowest BCUT2D eigenvalue weighted by molar-refractivity contribution is -0.115. The van der Waals surface area contributed by atoms with Gasteiger partial charge in [-0.25, -0.2) is 0 Å². The molecule has 0 aliphatic carbocycles. The van der Waals surface area contributed by atoms with Crippen LogP contribution in [-0.4, -0.2) is 18.4 Å². The molecule has 20 heavy (non-hydrogen) atoms. The van der Waals surface area contributed by atoms with Gasteiger partial charge in [-0.1, -0.05) is 30.3 Å². The molecule has 2 aromatic carbocycles. The summed E-state index contributed by atoms with van der Waals surface area (Å²) in [6.07, 6.45) is 0. The van der Waals surface area contributed by atoms with Crippen molar-refractivity contribution in [2.75, 3.05) is 11.9 Å². The molecule has 0 bridgehead atoms. The number of anilines is 1. The highest BCUT2D eigenvalue weighted by atomic mass is 79.9. The van der Waals surface area contributed by atoms with Crippen LogP contribution in [0.1, 0.15) is 10.4 Å². The van der Waals surface area contributed by atoms with Gasteiger partial charge < -0.3 is 10.6 Å². The lowest BCUT2D eigenvalue weighted by Gasteiger charge is -2.08. The fourth-order valence-electron chi connectivity index (χ4n) is 1.61. The molecule has 2 rings (SSSR count). The molecule has 4 nitrogen and oxygen atoms in total. The minimum absolute atomic E-state index is 0.0743. The molecule has 0 saturated heterocycles. The van der Waals surface area contributed by atoms with Crippen molar-refractivity contribution in [3.63, 3.8) is 0 Å². The van der Waals surface area contributed by atoms with Crippen molar-refractivity contribution in [3.05, 3.63) is 64.6 Å². The number of rotatable bonds is 4. The molecule has 0 spiro atoms. The SMILES string of the molecule is O=C(CNC(=O)c1ccccc1)Nc1ccccc1Br. The lowest BCUT2D eigenvalue weighted by atomic mass is 10.2. The third-order valence-electron chi connectivity index (χ3n) is 2.59. The van der Waals surface area contributed by atoms with E-state index < -0.39 is 0 Å². The Hall–Kier alpha value is -2.14. The minimum atomic E-state index is -0.277. The normalized spacial score (nSPS) is 9.85. The van der Waals surface area contributed by atoms with Gasteiger partial charge in [-0.05, 0) is 40.2 Å². The maximum Gasteiger partial charge on any atom is 0.251 e. The van der Waals surface area contributed by atoms with Gasteiger partial charge in [0.25, 0.3) is 5.91 Å². The van der Waals surface area contributed by atoms with Crippen molar-refractivity contribution < 1.29 is 9.59 Å². The van der Waals surface area contributed by atoms with Gasteiger partial charge in [0, 0.05) is 10.0 Å². The van der Waals surface area contributed by atoms with Crippen LogP contribution in [0.4, 0.5) is 5.69 Å². The molecule has 0 aliphatic heterocycles. The van der Waals surface area contributed by atoms with Gasteiger partial charge >= 0.3 is 0 Å². The Morgan fingerprint density at radius 3 is 2.30 bits per heavy atom. The van der Waals surface area contributed by atoms with Crippen molar-refractivity contribution in [2.45, 2.75) is 0 Å². The summed E-state index contributed by atoms with van der Waals surface area (Å²) < 4.78 is 0.794. The van der Waals surface area contributed by atoms with Crippen LogP contribution in [0.3, 0.4) is 0 Å². The largest absolute Gasteiger partial charge is 0.343 e. The Morgan fingerprint density at radius 2 is 1.60 bits per heavy atom. The molecule has 102 valence electrons. The van der Waals surface area contributed by atoms with E-state index >= 15 is 0 Å². The smallest absolute Gasteiger partial charge is 0.251 e. The van der Waals surface area contributed by atoms with E-state index in [9.17, 15) is 9.59 Å². The standard InChI is InChI=1S/C15H13BrN2O2/c16-12-8-4-5-9-13(12)18-14(19)10-17-15(20)11-6-2-1-3-7-11/h1-9H,10H2,(H,17,20)(H,18,19). The Balaban J connectivity index is 1.87. The predicted molar refractivity (Wildman–Crippen MR) is 81.5 cm³/mol. The first kappa shape index (κ1) is 14.3. The number of nitrogens with one attached hydrogen (secondary N) is 2. The number of para-hydroxylation sites is 1. The lowest BCUT2D eigenvalue weighted by Crippen LogP contribution is -2.32. The van der Waals surface area contributed by atoms with Gasteiger partial charge in [-0.2, -0.15) is 0 Å². The quantitative estimate of drug-likeness (QED) is 0.904. The van der Waals surface area contributed by atoms with Gasteiger partial charge in [0.05, 0.1) is 12.2 Å². The number of hydrogen-bond acceptors (Lipinski definition) is 2. The van der Waals surface area contributed by atoms with Gasteiger partial charge in [-0.15, -0.1) is 0 Å². The highest BCUT2D eigenvalue weighted by molar-refractivity contribution is 9.10. The summed E-state index contributed by atoms with van der Waals surface area (Å²) in [6, 6.07) is 16.1. The Bertz CT molecular complexity index is 614. The van der Waals surface area contributed by atoms with Crippen molar-refractivity contribution in [2.24, 2.45) is 0 Å². The summed E-state index contributed by atoms with van der Waals surface area (Å²) in [5.41, 5.74) is 1.20. The molecule has 2 N–H and O–H groups in total. The van der Waals surface area contributed by atoms with E-state index in [4.69, 9.17) is 0 Å². The van der Waals surface area contributed by atoms with E-state index in [2.05, 4.69) is 26.6 Å². The third kappa shape index (κ3) is 3.93. The number of amides is 2. The van der Waals surface area contributed by atoms with Gasteiger partial charge in [0.2, 0.25) is 5.91 Å². The van der Waals surface area contributed by atoms with E-state index in [0.717, 1.165) is 4.47 Å². The first-order chi connectivity index (χ1) is 9.66. The predicted octanol–water partition coefficient (Wildman–Crippen LogP) is 2.82. The van der Waals surface area contributed by atoms with Crippen LogP contribution < -0.4 is 10.6 Å². The maximum absolute atomic E-state index is 11.8. The Morgan fingerprint density at radius 1 is 0.950 bits per heavy atom. The molecular weight excluding hydrogens is 320 g/mol. The summed E-state index contributed by atoms with van der Waals surface area (Å²) in [7, 11) is 0. The monoisotopic (exact) mass is 332 g/mol. The van der Waals surface area contributed by atoms with E-state index in [1.165, 1.54) is 0 Å². The molecule has 0 atom stereocenters. The molecule has 0 radical (unpaired) electrons. The van der Waals surface area contributed by atoms with E-state index in [0.29, 0.717) is 11.3 Å². The van der Waals surface area contributed by atoms with Crippen LogP contribution in [0.15, 0.2) is 59.1 Å². The summed E-state index contributed by atoms with van der Waals surface area (Å²) in [6.45, 7) is -0.0743. The second-order valence-corrected chi connectivity index (χ2v) is 4.93. The Labute approximate surface area is 125 Å². The molecule has 0 heterocycles. The summed E-state index contributed by atoms with van der Waals surface area (Å²) in [4.78, 5) is 23.5. The van der Waals surface area contributed by atoms with Crippen molar-refractivity contribution in [1.29, 1.82) is 0 Å². The van der Waals surface area contributed by atoms with Gasteiger partial charge in [-0.3, -0.25) is 9.59 Å². The van der Waals surface area contributed by atoms with Crippen LogP contribution in [0.25, 0.3) is 0 Å². The van der Waals surface area contributed by atoms with E-state index in [1.807, 2.05) is 24.3 Å². The van der Waals surface area contributed by atoms with Crippen LogP contribution in [0.5, 0.6) is 0 Å². The first-order valence-corrected chi connectivity index (χ1v) is 6.84. The molecule has 2 aromatic rings. The second kappa shape index (κ2) is 6.86. The van der Waals surface area contributed by atoms with Crippen molar-refractivity contribution >= 4 is 33.4 Å². The molecule has 5 heteroatoms. The van der Waals surface area contributed by atoms with Crippen molar-refractivity contribution in [3.8, 4) is 0 Å². The molecular formula is C15H13BrN2O2. The zero-order chi connectivity index (χ0) is 14.4. The average Bonchev–Trinajstić information content (AvgIpc) is 2.48. The highest BCUT2D eigenvalue weighted by Gasteiger charge is 2.08. The van der Waals surface area contributed by atoms with E-state index in [-0.39, 0.29) is 18.4 Å². The van der Waals surface area contributed by atoms with Gasteiger partial charge in [0.1, 0.15) is 0 Å². The molecule has 0 saturated carbocycles. The van der Waals surface area contributed by atoms with E-state index in [1.54, 1.807) is 30.3 Å². The number of carbonyl (C=O) groups excluding carboxylic acids is 2. The molecule has 2 amide bonds. The fourth-order valence-corrected chi connectivity index (χ4v) is 1.99. The third-order valence-corrected chi connectivity index (χ3v) is 3.28. The number of halogens is 1. The average molecular weight is 333 g/mol. The maximum atomic E-state index is 11.8. The van der Waals surface area contributed by atoms with Gasteiger partial charge in [0.15, 0.2) is 0 Å². The summed E-state index contributed by atoms with van der Waals surface area (Å²) in [5.74, 6) is -0.547. The molecule has 0 unspecified atom stereocenters. The highest BCUT2D eigenvalue weighted by Crippen LogP contribution is 2.20. The molecule has 0 aromatic heterocycles. The number of hydrogen-bond donors (Lipinski definition) is 2. The minimum Gasteiger partial charge on any atom is -0.343 e. The fraction of sp³-hybridized carbons (Fsp3) is 0.0667. The van der Waals surface area contributed by atoms with Crippen LogP contribution in [-0.2, 0) is 4.79 Å². The number of benzene rings is 2. The summed E-state index contributed by atoms with van der Waals surface area (Å²) >= 11 is 3.34. The van der Waals surface area contributed by atoms with Crippen LogP contribution in [0.2, 0.25) is 0 Å². The zero-order valence-electron chi connectivity index (χ0n) is 10.6. The van der Waals surface area contributed by atoms with Crippen LogP contribution in [0, 0.1) is 0 Å². The second-order valence-electron chi connectivity index (χ2n) is 4.08. The first-order valence-electron chi connectivity index (χ1n) is 6.04. The van der Waals surface area contributed by atoms with Crippen LogP contribution >= 0.6 is 15.9 Å². The van der Waals surface area contributed by atoms with Crippen molar-refractivity contribution in [1.82, 2.24) is 5.32 Å². The molecule has 0 aliphatic rings. The molecule has 0 fully saturated rings. The summed E-state index contributed by atoms with van der Waals surface area (Å²) in [5, 5.41) is 5.29. The number of carbonyl (C=O) groups is 2. The zero-order valence-corrected chi connectivity index (χ0v) is 12.2. The Kier molecular flexibility index (Phi) is 4.90. The topological polar surface area (TPSA) is 58.2 Å².